The fraction of sp³-hybridized carbons (Fsp3) is 0.636. The highest BCUT2D eigenvalue weighted by Crippen LogP contribution is 2.37. The van der Waals surface area contributed by atoms with Crippen LogP contribution in [-0.2, 0) is 6.42 Å². The summed E-state index contributed by atoms with van der Waals surface area (Å²) >= 11 is 0. The van der Waals surface area contributed by atoms with Gasteiger partial charge >= 0.3 is 0 Å². The van der Waals surface area contributed by atoms with Gasteiger partial charge in [0.15, 0.2) is 0 Å². The molecule has 0 saturated heterocycles. The third-order valence-electron chi connectivity index (χ3n) is 5.51. The van der Waals surface area contributed by atoms with Gasteiger partial charge in [-0.25, -0.2) is 0 Å². The van der Waals surface area contributed by atoms with E-state index < -0.39 is 6.08 Å². The van der Waals surface area contributed by atoms with E-state index in [4.69, 9.17) is 0 Å². The molecule has 0 atom stereocenters. The molecule has 0 unspecified atom stereocenters. The molecule has 0 radical (unpaired) electrons. The van der Waals surface area contributed by atoms with Crippen LogP contribution in [0.5, 0.6) is 0 Å². The molecule has 1 aromatic carbocycles. The van der Waals surface area contributed by atoms with Gasteiger partial charge in [-0.05, 0) is 61.1 Å². The number of halogens is 2. The van der Waals surface area contributed by atoms with Gasteiger partial charge in [0.05, 0.1) is 0 Å². The Morgan fingerprint density at radius 3 is 2.25 bits per heavy atom. The van der Waals surface area contributed by atoms with Crippen molar-refractivity contribution < 1.29 is 8.78 Å². The smallest absolute Gasteiger partial charge is 0.174 e. The lowest BCUT2D eigenvalue weighted by atomic mass is 9.77. The van der Waals surface area contributed by atoms with Gasteiger partial charge in [0.25, 0.3) is 6.08 Å². The molecular weight excluding hydrogens is 302 g/mol. The summed E-state index contributed by atoms with van der Waals surface area (Å²) in [7, 11) is 0. The van der Waals surface area contributed by atoms with Gasteiger partial charge in [-0.15, -0.1) is 0 Å². The molecule has 0 heterocycles. The fourth-order valence-corrected chi connectivity index (χ4v) is 3.94. The number of benzene rings is 1. The van der Waals surface area contributed by atoms with Gasteiger partial charge in [0.2, 0.25) is 0 Å². The minimum absolute atomic E-state index is 0.327. The SMILES string of the molecule is CCCCCCC[C@H]1CC[C@H](c2ccc(CC=C(F)F)cc2)CC1. The summed E-state index contributed by atoms with van der Waals surface area (Å²) in [5.74, 6) is 1.60. The van der Waals surface area contributed by atoms with Crippen LogP contribution in [0.3, 0.4) is 0 Å². The van der Waals surface area contributed by atoms with Gasteiger partial charge in [0.1, 0.15) is 0 Å². The van der Waals surface area contributed by atoms with Crippen LogP contribution >= 0.6 is 0 Å². The van der Waals surface area contributed by atoms with E-state index in [9.17, 15) is 8.78 Å². The fourth-order valence-electron chi connectivity index (χ4n) is 3.94. The lowest BCUT2D eigenvalue weighted by Crippen LogP contribution is -2.13. The Morgan fingerprint density at radius 1 is 0.958 bits per heavy atom. The highest BCUT2D eigenvalue weighted by molar-refractivity contribution is 5.27. The highest BCUT2D eigenvalue weighted by atomic mass is 19.3. The molecule has 1 aliphatic rings. The van der Waals surface area contributed by atoms with E-state index in [1.165, 1.54) is 69.8 Å². The maximum atomic E-state index is 12.1. The normalized spacial score (nSPS) is 20.8. The van der Waals surface area contributed by atoms with Crippen LogP contribution in [0.2, 0.25) is 0 Å². The van der Waals surface area contributed by atoms with E-state index in [-0.39, 0.29) is 0 Å². The molecule has 0 amide bonds. The zero-order chi connectivity index (χ0) is 17.2. The van der Waals surface area contributed by atoms with Gasteiger partial charge in [-0.2, -0.15) is 8.78 Å². The highest BCUT2D eigenvalue weighted by Gasteiger charge is 2.21. The van der Waals surface area contributed by atoms with Crippen molar-refractivity contribution in [3.05, 3.63) is 47.5 Å². The second-order valence-corrected chi connectivity index (χ2v) is 7.36. The minimum Gasteiger partial charge on any atom is -0.174 e. The molecule has 134 valence electrons. The molecule has 1 saturated carbocycles. The molecule has 24 heavy (non-hydrogen) atoms. The molecule has 0 nitrogen and oxygen atoms in total. The summed E-state index contributed by atoms with van der Waals surface area (Å²) in [6.07, 6.45) is 13.4. The number of hydrogen-bond acceptors (Lipinski definition) is 0. The molecule has 2 rings (SSSR count). The number of allylic oxidation sites excluding steroid dienone is 1. The van der Waals surface area contributed by atoms with Crippen LogP contribution in [0.15, 0.2) is 36.4 Å². The predicted molar refractivity (Wildman–Crippen MR) is 98.5 cm³/mol. The van der Waals surface area contributed by atoms with Gasteiger partial charge in [-0.3, -0.25) is 0 Å². The quantitative estimate of drug-likeness (QED) is 0.407. The minimum atomic E-state index is -1.59. The van der Waals surface area contributed by atoms with Crippen LogP contribution in [0, 0.1) is 5.92 Å². The molecule has 0 aromatic heterocycles. The van der Waals surface area contributed by atoms with Crippen molar-refractivity contribution in [1.82, 2.24) is 0 Å². The predicted octanol–water partition coefficient (Wildman–Crippen LogP) is 7.64. The van der Waals surface area contributed by atoms with Crippen molar-refractivity contribution in [2.45, 2.75) is 83.5 Å². The first-order valence-corrected chi connectivity index (χ1v) is 9.79. The van der Waals surface area contributed by atoms with Crippen molar-refractivity contribution in [3.8, 4) is 0 Å². The van der Waals surface area contributed by atoms with Crippen LogP contribution in [-0.4, -0.2) is 0 Å². The van der Waals surface area contributed by atoms with Crippen molar-refractivity contribution in [2.75, 3.05) is 0 Å². The zero-order valence-corrected chi connectivity index (χ0v) is 15.1. The summed E-state index contributed by atoms with van der Waals surface area (Å²) in [5.41, 5.74) is 2.36. The molecule has 1 aromatic rings. The van der Waals surface area contributed by atoms with Crippen LogP contribution < -0.4 is 0 Å². The summed E-state index contributed by atoms with van der Waals surface area (Å²) in [5, 5.41) is 0. The average Bonchev–Trinajstić information content (AvgIpc) is 2.61. The van der Waals surface area contributed by atoms with Gasteiger partial charge in [-0.1, -0.05) is 69.7 Å². The zero-order valence-electron chi connectivity index (χ0n) is 15.1. The maximum Gasteiger partial charge on any atom is 0.266 e. The topological polar surface area (TPSA) is 0 Å². The molecule has 1 aliphatic carbocycles. The first-order chi connectivity index (χ1) is 11.7. The van der Waals surface area contributed by atoms with E-state index in [0.29, 0.717) is 12.3 Å². The largest absolute Gasteiger partial charge is 0.266 e. The van der Waals surface area contributed by atoms with E-state index in [2.05, 4.69) is 19.1 Å². The third-order valence-corrected chi connectivity index (χ3v) is 5.51. The Hall–Kier alpha value is -1.18. The lowest BCUT2D eigenvalue weighted by Gasteiger charge is -2.29. The van der Waals surface area contributed by atoms with E-state index >= 15 is 0 Å². The molecule has 0 bridgehead atoms. The van der Waals surface area contributed by atoms with Gasteiger partial charge < -0.3 is 0 Å². The van der Waals surface area contributed by atoms with E-state index in [1.54, 1.807) is 0 Å². The lowest BCUT2D eigenvalue weighted by molar-refractivity contribution is 0.302. The Balaban J connectivity index is 1.71. The van der Waals surface area contributed by atoms with Gasteiger partial charge in [0, 0.05) is 0 Å². The summed E-state index contributed by atoms with van der Waals surface area (Å²) in [6.45, 7) is 2.27. The van der Waals surface area contributed by atoms with Crippen molar-refractivity contribution in [1.29, 1.82) is 0 Å². The maximum absolute atomic E-state index is 12.1. The standard InChI is InChI=1S/C22H32F2/c1-2-3-4-5-6-7-18-8-13-20(14-9-18)21-15-10-19(11-16-21)12-17-22(23)24/h10-11,15-18,20H,2-9,12-14H2,1H3/t18-,20-. The average molecular weight is 334 g/mol. The van der Waals surface area contributed by atoms with Crippen molar-refractivity contribution in [2.24, 2.45) is 5.92 Å². The second-order valence-electron chi connectivity index (χ2n) is 7.36. The van der Waals surface area contributed by atoms with Crippen LogP contribution in [0.25, 0.3) is 0 Å². The second kappa shape index (κ2) is 10.6. The molecule has 2 heteroatoms. The number of hydrogen-bond donors (Lipinski definition) is 0. The number of unbranched alkanes of at least 4 members (excludes halogenated alkanes) is 4. The Labute approximate surface area is 146 Å². The summed E-state index contributed by atoms with van der Waals surface area (Å²) in [6, 6.07) is 8.31. The van der Waals surface area contributed by atoms with E-state index in [1.807, 2.05) is 12.1 Å². The summed E-state index contributed by atoms with van der Waals surface area (Å²) in [4.78, 5) is 0. The van der Waals surface area contributed by atoms with Crippen LogP contribution in [0.4, 0.5) is 8.78 Å². The molecule has 1 fully saturated rings. The molecular formula is C22H32F2. The number of rotatable bonds is 9. The van der Waals surface area contributed by atoms with Crippen molar-refractivity contribution in [3.63, 3.8) is 0 Å². The molecule has 0 N–H and O–H groups in total. The van der Waals surface area contributed by atoms with Crippen LogP contribution in [0.1, 0.15) is 88.2 Å². The molecule has 0 spiro atoms. The first kappa shape index (κ1) is 19.1. The Bertz CT molecular complexity index is 477. The monoisotopic (exact) mass is 334 g/mol. The Kier molecular flexibility index (Phi) is 8.49. The summed E-state index contributed by atoms with van der Waals surface area (Å²) < 4.78 is 24.3. The molecule has 0 aliphatic heterocycles. The van der Waals surface area contributed by atoms with E-state index in [0.717, 1.165) is 17.6 Å². The van der Waals surface area contributed by atoms with Crippen molar-refractivity contribution >= 4 is 0 Å². The Morgan fingerprint density at radius 2 is 1.62 bits per heavy atom. The first-order valence-electron chi connectivity index (χ1n) is 9.79. The third kappa shape index (κ3) is 6.75.